The molecule has 0 spiro atoms. The SMILES string of the molecule is CC1(C(N)=S)CCN(C(=O)c2cccc(Cl)c2F)CC1. The van der Waals surface area contributed by atoms with E-state index in [2.05, 4.69) is 0 Å². The highest BCUT2D eigenvalue weighted by Crippen LogP contribution is 2.32. The standard InChI is InChI=1S/C14H16ClFN2OS/c1-14(13(17)20)5-7-18(8-6-14)12(19)9-3-2-4-10(15)11(9)16/h2-4H,5-8H2,1H3,(H2,17,20). The van der Waals surface area contributed by atoms with Crippen molar-refractivity contribution in [2.45, 2.75) is 19.8 Å². The van der Waals surface area contributed by atoms with Crippen molar-refractivity contribution in [3.8, 4) is 0 Å². The largest absolute Gasteiger partial charge is 0.393 e. The number of benzene rings is 1. The molecule has 0 atom stereocenters. The maximum Gasteiger partial charge on any atom is 0.256 e. The van der Waals surface area contributed by atoms with Crippen LogP contribution in [-0.2, 0) is 0 Å². The maximum absolute atomic E-state index is 13.9. The maximum atomic E-state index is 13.9. The van der Waals surface area contributed by atoms with E-state index >= 15 is 0 Å². The van der Waals surface area contributed by atoms with Crippen LogP contribution in [0.3, 0.4) is 0 Å². The van der Waals surface area contributed by atoms with Crippen LogP contribution in [0.4, 0.5) is 4.39 Å². The topological polar surface area (TPSA) is 46.3 Å². The van der Waals surface area contributed by atoms with Gasteiger partial charge in [-0.3, -0.25) is 4.79 Å². The van der Waals surface area contributed by atoms with Crippen LogP contribution < -0.4 is 5.73 Å². The van der Waals surface area contributed by atoms with E-state index in [-0.39, 0.29) is 21.9 Å². The fraction of sp³-hybridized carbons (Fsp3) is 0.429. The molecule has 1 aliphatic rings. The van der Waals surface area contributed by atoms with Crippen molar-refractivity contribution >= 4 is 34.7 Å². The number of piperidine rings is 1. The van der Waals surface area contributed by atoms with Crippen molar-refractivity contribution in [3.05, 3.63) is 34.6 Å². The summed E-state index contributed by atoms with van der Waals surface area (Å²) in [4.78, 5) is 14.4. The van der Waals surface area contributed by atoms with Crippen molar-refractivity contribution < 1.29 is 9.18 Å². The Kier molecular flexibility index (Phi) is 4.30. The molecule has 2 rings (SSSR count). The summed E-state index contributed by atoms with van der Waals surface area (Å²) in [5, 5.41) is -0.0409. The lowest BCUT2D eigenvalue weighted by Gasteiger charge is -2.38. The molecule has 1 saturated heterocycles. The summed E-state index contributed by atoms with van der Waals surface area (Å²) in [6.07, 6.45) is 1.38. The van der Waals surface area contributed by atoms with Crippen LogP contribution in [-0.4, -0.2) is 28.9 Å². The highest BCUT2D eigenvalue weighted by Gasteiger charge is 2.35. The van der Waals surface area contributed by atoms with Gasteiger partial charge in [0.1, 0.15) is 0 Å². The molecule has 3 nitrogen and oxygen atoms in total. The van der Waals surface area contributed by atoms with Gasteiger partial charge in [-0.2, -0.15) is 0 Å². The number of halogens is 2. The van der Waals surface area contributed by atoms with Gasteiger partial charge >= 0.3 is 0 Å². The molecule has 1 aromatic rings. The number of carbonyl (C=O) groups excluding carboxylic acids is 1. The zero-order valence-electron chi connectivity index (χ0n) is 11.2. The second kappa shape index (κ2) is 5.66. The van der Waals surface area contributed by atoms with Gasteiger partial charge in [-0.15, -0.1) is 0 Å². The van der Waals surface area contributed by atoms with E-state index in [1.165, 1.54) is 12.1 Å². The van der Waals surface area contributed by atoms with Crippen LogP contribution in [0, 0.1) is 11.2 Å². The van der Waals surface area contributed by atoms with E-state index in [4.69, 9.17) is 29.6 Å². The first-order chi connectivity index (χ1) is 9.35. The Morgan fingerprint density at radius 1 is 1.45 bits per heavy atom. The minimum absolute atomic E-state index is 0.0106. The lowest BCUT2D eigenvalue weighted by atomic mass is 9.80. The zero-order valence-corrected chi connectivity index (χ0v) is 12.7. The summed E-state index contributed by atoms with van der Waals surface area (Å²) in [5.74, 6) is -1.00. The van der Waals surface area contributed by atoms with Gasteiger partial charge in [-0.25, -0.2) is 4.39 Å². The molecule has 1 amide bonds. The predicted octanol–water partition coefficient (Wildman–Crippen LogP) is 3.01. The summed E-state index contributed by atoms with van der Waals surface area (Å²) >= 11 is 10.8. The number of thiocarbonyl (C=S) groups is 1. The fourth-order valence-corrected chi connectivity index (χ4v) is 2.67. The van der Waals surface area contributed by atoms with Gasteiger partial charge in [0.15, 0.2) is 5.82 Å². The first-order valence-corrected chi connectivity index (χ1v) is 7.17. The van der Waals surface area contributed by atoms with Gasteiger partial charge in [0.25, 0.3) is 5.91 Å². The van der Waals surface area contributed by atoms with E-state index in [9.17, 15) is 9.18 Å². The molecule has 20 heavy (non-hydrogen) atoms. The lowest BCUT2D eigenvalue weighted by Crippen LogP contribution is -2.46. The molecule has 0 unspecified atom stereocenters. The highest BCUT2D eigenvalue weighted by atomic mass is 35.5. The molecule has 6 heteroatoms. The molecule has 0 aromatic heterocycles. The number of nitrogens with zero attached hydrogens (tertiary/aromatic N) is 1. The normalized spacial score (nSPS) is 17.9. The molecular weight excluding hydrogens is 299 g/mol. The Morgan fingerprint density at radius 2 is 2.05 bits per heavy atom. The van der Waals surface area contributed by atoms with Crippen LogP contribution in [0.15, 0.2) is 18.2 Å². The summed E-state index contributed by atoms with van der Waals surface area (Å²) in [5.41, 5.74) is 5.52. The Hall–Kier alpha value is -1.20. The van der Waals surface area contributed by atoms with Gasteiger partial charge in [0.05, 0.1) is 15.6 Å². The second-order valence-corrected chi connectivity index (χ2v) is 6.17. The molecule has 1 aliphatic heterocycles. The molecule has 0 aliphatic carbocycles. The third-order valence-corrected chi connectivity index (χ3v) is 4.72. The fourth-order valence-electron chi connectivity index (χ4n) is 2.29. The van der Waals surface area contributed by atoms with Crippen LogP contribution in [0.5, 0.6) is 0 Å². The minimum atomic E-state index is -0.665. The summed E-state index contributed by atoms with van der Waals surface area (Å²) in [6, 6.07) is 4.44. The van der Waals surface area contributed by atoms with Crippen molar-refractivity contribution in [3.63, 3.8) is 0 Å². The van der Waals surface area contributed by atoms with Crippen LogP contribution in [0.1, 0.15) is 30.1 Å². The predicted molar refractivity (Wildman–Crippen MR) is 81.4 cm³/mol. The molecule has 1 heterocycles. The van der Waals surface area contributed by atoms with E-state index in [0.29, 0.717) is 30.9 Å². The number of carbonyl (C=O) groups is 1. The van der Waals surface area contributed by atoms with Gasteiger partial charge < -0.3 is 10.6 Å². The van der Waals surface area contributed by atoms with E-state index in [0.717, 1.165) is 0 Å². The molecule has 108 valence electrons. The first kappa shape index (κ1) is 15.2. The highest BCUT2D eigenvalue weighted by molar-refractivity contribution is 7.80. The Morgan fingerprint density at radius 3 is 2.60 bits per heavy atom. The number of hydrogen-bond donors (Lipinski definition) is 1. The molecule has 0 radical (unpaired) electrons. The average molecular weight is 315 g/mol. The van der Waals surface area contributed by atoms with Crippen LogP contribution >= 0.6 is 23.8 Å². The number of likely N-dealkylation sites (tertiary alicyclic amines) is 1. The monoisotopic (exact) mass is 314 g/mol. The number of hydrogen-bond acceptors (Lipinski definition) is 2. The Labute approximate surface area is 127 Å². The second-order valence-electron chi connectivity index (χ2n) is 5.32. The molecule has 0 saturated carbocycles. The minimum Gasteiger partial charge on any atom is -0.393 e. The van der Waals surface area contributed by atoms with Crippen molar-refractivity contribution in [2.75, 3.05) is 13.1 Å². The van der Waals surface area contributed by atoms with Crippen molar-refractivity contribution in [2.24, 2.45) is 11.1 Å². The number of nitrogens with two attached hydrogens (primary N) is 1. The number of amides is 1. The zero-order chi connectivity index (χ0) is 14.9. The third-order valence-electron chi connectivity index (χ3n) is 3.93. The molecular formula is C14H16ClFN2OS. The smallest absolute Gasteiger partial charge is 0.256 e. The molecule has 1 aromatic carbocycles. The quantitative estimate of drug-likeness (QED) is 0.854. The van der Waals surface area contributed by atoms with Crippen LogP contribution in [0.2, 0.25) is 5.02 Å². The van der Waals surface area contributed by atoms with E-state index < -0.39 is 5.82 Å². The summed E-state index contributed by atoms with van der Waals surface area (Å²) < 4.78 is 13.9. The van der Waals surface area contributed by atoms with Crippen LogP contribution in [0.25, 0.3) is 0 Å². The van der Waals surface area contributed by atoms with Crippen molar-refractivity contribution in [1.82, 2.24) is 4.90 Å². The molecule has 1 fully saturated rings. The molecule has 0 bridgehead atoms. The Balaban J connectivity index is 2.13. The Bertz CT molecular complexity index is 556. The summed E-state index contributed by atoms with van der Waals surface area (Å²) in [7, 11) is 0. The van der Waals surface area contributed by atoms with E-state index in [1.807, 2.05) is 6.92 Å². The lowest BCUT2D eigenvalue weighted by molar-refractivity contribution is 0.0665. The van der Waals surface area contributed by atoms with Gasteiger partial charge in [0, 0.05) is 18.5 Å². The van der Waals surface area contributed by atoms with Gasteiger partial charge in [-0.05, 0) is 25.0 Å². The third kappa shape index (κ3) is 2.79. The average Bonchev–Trinajstić information content (AvgIpc) is 2.42. The first-order valence-electron chi connectivity index (χ1n) is 6.38. The van der Waals surface area contributed by atoms with Crippen molar-refractivity contribution in [1.29, 1.82) is 0 Å². The summed E-state index contributed by atoms with van der Waals surface area (Å²) in [6.45, 7) is 3.02. The van der Waals surface area contributed by atoms with Gasteiger partial charge in [0.2, 0.25) is 0 Å². The van der Waals surface area contributed by atoms with E-state index in [1.54, 1.807) is 11.0 Å². The molecule has 2 N–H and O–H groups in total. The van der Waals surface area contributed by atoms with Gasteiger partial charge in [-0.1, -0.05) is 36.8 Å². The number of rotatable bonds is 2.